The summed E-state index contributed by atoms with van der Waals surface area (Å²) in [7, 11) is 1.47. The normalized spacial score (nSPS) is 12.1. The summed E-state index contributed by atoms with van der Waals surface area (Å²) in [5, 5.41) is 18.0. The fourth-order valence-corrected chi connectivity index (χ4v) is 1.05. The third-order valence-corrected chi connectivity index (χ3v) is 1.76. The molecule has 0 aromatic carbocycles. The first kappa shape index (κ1) is 12.4. The van der Waals surface area contributed by atoms with Crippen molar-refractivity contribution in [2.75, 3.05) is 20.3 Å². The molecule has 88 valence electrons. The fraction of sp³-hybridized carbons (Fsp3) is 0.400. The highest BCUT2D eigenvalue weighted by molar-refractivity contribution is 5.87. The molecule has 6 heteroatoms. The number of methoxy groups -OCH3 is 1. The third kappa shape index (κ3) is 3.84. The maximum Gasteiger partial charge on any atom is 0.337 e. The van der Waals surface area contributed by atoms with Crippen molar-refractivity contribution in [3.05, 3.63) is 24.0 Å². The van der Waals surface area contributed by atoms with Gasteiger partial charge in [0.25, 0.3) is 0 Å². The number of carboxylic acids is 1. The van der Waals surface area contributed by atoms with Crippen molar-refractivity contribution in [3.8, 4) is 5.75 Å². The first-order valence-electron chi connectivity index (χ1n) is 4.61. The molecule has 0 radical (unpaired) electrons. The second-order valence-corrected chi connectivity index (χ2v) is 3.13. The number of hydrogen-bond donors (Lipinski definition) is 2. The van der Waals surface area contributed by atoms with Gasteiger partial charge in [-0.05, 0) is 6.07 Å². The smallest absolute Gasteiger partial charge is 0.337 e. The zero-order chi connectivity index (χ0) is 12.0. The zero-order valence-electron chi connectivity index (χ0n) is 8.79. The zero-order valence-corrected chi connectivity index (χ0v) is 8.79. The quantitative estimate of drug-likeness (QED) is 0.720. The van der Waals surface area contributed by atoms with Crippen molar-refractivity contribution in [2.45, 2.75) is 6.10 Å². The number of aromatic nitrogens is 1. The van der Waals surface area contributed by atoms with Crippen molar-refractivity contribution in [1.29, 1.82) is 0 Å². The summed E-state index contributed by atoms with van der Waals surface area (Å²) in [6, 6.07) is 1.34. The van der Waals surface area contributed by atoms with Crippen molar-refractivity contribution in [1.82, 2.24) is 4.98 Å². The van der Waals surface area contributed by atoms with Gasteiger partial charge in [0, 0.05) is 13.3 Å². The van der Waals surface area contributed by atoms with E-state index in [0.29, 0.717) is 5.75 Å². The lowest BCUT2D eigenvalue weighted by Crippen LogP contribution is -2.22. The second kappa shape index (κ2) is 6.04. The monoisotopic (exact) mass is 227 g/mol. The van der Waals surface area contributed by atoms with E-state index in [0.717, 1.165) is 0 Å². The van der Waals surface area contributed by atoms with Crippen LogP contribution >= 0.6 is 0 Å². The molecule has 1 heterocycles. The Labute approximate surface area is 92.5 Å². The lowest BCUT2D eigenvalue weighted by Gasteiger charge is -2.11. The largest absolute Gasteiger partial charge is 0.489 e. The Morgan fingerprint density at radius 2 is 2.25 bits per heavy atom. The molecule has 0 aliphatic carbocycles. The number of aromatic carboxylic acids is 1. The molecule has 16 heavy (non-hydrogen) atoms. The minimum absolute atomic E-state index is 0.0264. The summed E-state index contributed by atoms with van der Waals surface area (Å²) < 4.78 is 9.87. The number of rotatable bonds is 6. The van der Waals surface area contributed by atoms with Crippen LogP contribution in [0.1, 0.15) is 10.4 Å². The van der Waals surface area contributed by atoms with Gasteiger partial charge in [0.05, 0.1) is 18.4 Å². The lowest BCUT2D eigenvalue weighted by atomic mass is 10.3. The first-order valence-corrected chi connectivity index (χ1v) is 4.61. The van der Waals surface area contributed by atoms with Crippen LogP contribution in [0.25, 0.3) is 0 Å². The van der Waals surface area contributed by atoms with Gasteiger partial charge in [-0.1, -0.05) is 0 Å². The van der Waals surface area contributed by atoms with Crippen LogP contribution < -0.4 is 4.74 Å². The van der Waals surface area contributed by atoms with Gasteiger partial charge in [0.15, 0.2) is 0 Å². The lowest BCUT2D eigenvalue weighted by molar-refractivity contribution is 0.0324. The molecular formula is C10H13NO5. The molecule has 0 saturated heterocycles. The Hall–Kier alpha value is -1.66. The van der Waals surface area contributed by atoms with Crippen LogP contribution in [0.5, 0.6) is 5.75 Å². The maximum absolute atomic E-state index is 10.6. The van der Waals surface area contributed by atoms with E-state index in [-0.39, 0.29) is 18.8 Å². The molecular weight excluding hydrogens is 214 g/mol. The number of nitrogens with zero attached hydrogens (tertiary/aromatic N) is 1. The van der Waals surface area contributed by atoms with Gasteiger partial charge in [0.1, 0.15) is 18.5 Å². The average molecular weight is 227 g/mol. The number of hydrogen-bond acceptors (Lipinski definition) is 5. The number of carbonyl (C=O) groups is 1. The summed E-state index contributed by atoms with van der Waals surface area (Å²) in [5.74, 6) is -0.773. The average Bonchev–Trinajstić information content (AvgIpc) is 2.27. The predicted octanol–water partition coefficient (Wildman–Crippen LogP) is 0.166. The first-order chi connectivity index (χ1) is 7.63. The number of carboxylic acid groups (broad SMARTS) is 1. The van der Waals surface area contributed by atoms with Crippen LogP contribution in [0, 0.1) is 0 Å². The highest BCUT2D eigenvalue weighted by Gasteiger charge is 2.07. The minimum Gasteiger partial charge on any atom is -0.489 e. The molecule has 2 N–H and O–H groups in total. The summed E-state index contributed by atoms with van der Waals surface area (Å²) in [4.78, 5) is 14.3. The summed E-state index contributed by atoms with van der Waals surface area (Å²) in [6.45, 7) is 0.185. The molecule has 0 spiro atoms. The molecule has 0 bridgehead atoms. The second-order valence-electron chi connectivity index (χ2n) is 3.13. The Bertz CT molecular complexity index is 355. The molecule has 0 amide bonds. The van der Waals surface area contributed by atoms with E-state index in [4.69, 9.17) is 14.6 Å². The van der Waals surface area contributed by atoms with Crippen molar-refractivity contribution in [3.63, 3.8) is 0 Å². The number of ether oxygens (including phenoxy) is 2. The van der Waals surface area contributed by atoms with Crippen molar-refractivity contribution in [2.24, 2.45) is 0 Å². The van der Waals surface area contributed by atoms with Crippen LogP contribution in [0.4, 0.5) is 0 Å². The van der Waals surface area contributed by atoms with Gasteiger partial charge in [-0.3, -0.25) is 4.98 Å². The predicted molar refractivity (Wildman–Crippen MR) is 54.6 cm³/mol. The highest BCUT2D eigenvalue weighted by Crippen LogP contribution is 2.11. The van der Waals surface area contributed by atoms with Crippen LogP contribution in [0.15, 0.2) is 18.5 Å². The van der Waals surface area contributed by atoms with Gasteiger partial charge >= 0.3 is 5.97 Å². The molecule has 0 fully saturated rings. The van der Waals surface area contributed by atoms with Gasteiger partial charge in [-0.25, -0.2) is 4.79 Å². The van der Waals surface area contributed by atoms with Gasteiger partial charge < -0.3 is 19.7 Å². The van der Waals surface area contributed by atoms with Gasteiger partial charge in [0.2, 0.25) is 0 Å². The Morgan fingerprint density at radius 3 is 2.88 bits per heavy atom. The number of aliphatic hydroxyl groups excluding tert-OH is 1. The summed E-state index contributed by atoms with van der Waals surface area (Å²) in [5.41, 5.74) is 0.0405. The van der Waals surface area contributed by atoms with Gasteiger partial charge in [-0.2, -0.15) is 0 Å². The number of pyridine rings is 1. The van der Waals surface area contributed by atoms with E-state index in [2.05, 4.69) is 4.98 Å². The molecule has 1 rings (SSSR count). The van der Waals surface area contributed by atoms with Crippen LogP contribution in [0.2, 0.25) is 0 Å². The topological polar surface area (TPSA) is 88.9 Å². The molecule has 0 saturated carbocycles. The Morgan fingerprint density at radius 1 is 1.50 bits per heavy atom. The standard InChI is InChI=1S/C10H13NO5/c1-15-5-8(12)6-16-9-2-7(10(13)14)3-11-4-9/h2-4,8,12H,5-6H2,1H3,(H,13,14). The molecule has 1 unspecified atom stereocenters. The number of aliphatic hydroxyl groups is 1. The molecule has 1 aromatic rings. The summed E-state index contributed by atoms with van der Waals surface area (Å²) in [6.07, 6.45) is 1.85. The van der Waals surface area contributed by atoms with Crippen LogP contribution in [0.3, 0.4) is 0 Å². The SMILES string of the molecule is COCC(O)COc1cncc(C(=O)O)c1. The molecule has 6 nitrogen and oxygen atoms in total. The Balaban J connectivity index is 2.54. The van der Waals surface area contributed by atoms with E-state index in [1.54, 1.807) is 0 Å². The molecule has 1 aromatic heterocycles. The van der Waals surface area contributed by atoms with Crippen molar-refractivity contribution >= 4 is 5.97 Å². The van der Waals surface area contributed by atoms with Crippen LogP contribution in [-0.4, -0.2) is 47.6 Å². The van der Waals surface area contributed by atoms with Gasteiger partial charge in [-0.15, -0.1) is 0 Å². The van der Waals surface area contributed by atoms with E-state index in [9.17, 15) is 9.90 Å². The van der Waals surface area contributed by atoms with Crippen LogP contribution in [-0.2, 0) is 4.74 Å². The molecule has 0 aliphatic rings. The van der Waals surface area contributed by atoms with E-state index in [1.165, 1.54) is 25.6 Å². The van der Waals surface area contributed by atoms with E-state index < -0.39 is 12.1 Å². The minimum atomic E-state index is -1.07. The molecule has 1 atom stereocenters. The Kier molecular flexibility index (Phi) is 4.68. The third-order valence-electron chi connectivity index (χ3n) is 1.76. The maximum atomic E-state index is 10.6. The molecule has 0 aliphatic heterocycles. The van der Waals surface area contributed by atoms with E-state index in [1.807, 2.05) is 0 Å². The van der Waals surface area contributed by atoms with E-state index >= 15 is 0 Å². The summed E-state index contributed by atoms with van der Waals surface area (Å²) >= 11 is 0. The van der Waals surface area contributed by atoms with Crippen molar-refractivity contribution < 1.29 is 24.5 Å². The highest BCUT2D eigenvalue weighted by atomic mass is 16.5. The fourth-order valence-electron chi connectivity index (χ4n) is 1.05.